The first-order valence-electron chi connectivity index (χ1n) is 19.3. The maximum Gasteiger partial charge on any atom is 0.0467 e. The van der Waals surface area contributed by atoms with Gasteiger partial charge in [-0.2, -0.15) is 0 Å². The number of fused-ring (bicyclic) bond motifs is 6. The molecule has 0 spiro atoms. The zero-order valence-corrected chi connectivity index (χ0v) is 32.2. The number of rotatable bonds is 7. The molecule has 7 aromatic carbocycles. The second-order valence-corrected chi connectivity index (χ2v) is 16.3. The van der Waals surface area contributed by atoms with Crippen LogP contribution in [0.25, 0.3) is 33.9 Å². The van der Waals surface area contributed by atoms with Crippen LogP contribution in [0.15, 0.2) is 158 Å². The number of allylic oxidation sites excluding steroid dienone is 1. The van der Waals surface area contributed by atoms with Crippen LogP contribution in [0.4, 0.5) is 17.1 Å². The van der Waals surface area contributed by atoms with E-state index >= 15 is 0 Å². The quantitative estimate of drug-likeness (QED) is 0.150. The minimum Gasteiger partial charge on any atom is -0.310 e. The normalized spacial score (nSPS) is 14.6. The molecule has 0 saturated heterocycles. The Balaban J connectivity index is 1.14. The highest BCUT2D eigenvalue weighted by Crippen LogP contribution is 2.58. The first-order chi connectivity index (χ1) is 26.1. The molecule has 54 heavy (non-hydrogen) atoms. The Morgan fingerprint density at radius 2 is 0.944 bits per heavy atom. The van der Waals surface area contributed by atoms with Crippen molar-refractivity contribution in [2.24, 2.45) is 0 Å². The Morgan fingerprint density at radius 1 is 0.481 bits per heavy atom. The molecule has 1 nitrogen and oxygen atoms in total. The molecule has 0 atom stereocenters. The van der Waals surface area contributed by atoms with Crippen LogP contribution in [0.2, 0.25) is 0 Å². The molecule has 0 N–H and O–H groups in total. The van der Waals surface area contributed by atoms with Gasteiger partial charge in [0.2, 0.25) is 0 Å². The third-order valence-corrected chi connectivity index (χ3v) is 12.1. The van der Waals surface area contributed by atoms with Gasteiger partial charge in [-0.3, -0.25) is 0 Å². The number of hydrogen-bond acceptors (Lipinski definition) is 1. The van der Waals surface area contributed by atoms with Gasteiger partial charge in [0.25, 0.3) is 0 Å². The summed E-state index contributed by atoms with van der Waals surface area (Å²) >= 11 is 0. The monoisotopic (exact) mass is 697 g/mol. The third-order valence-electron chi connectivity index (χ3n) is 12.1. The first-order valence-corrected chi connectivity index (χ1v) is 19.3. The Bertz CT molecular complexity index is 2520. The lowest BCUT2D eigenvalue weighted by Crippen LogP contribution is -2.18. The van der Waals surface area contributed by atoms with Gasteiger partial charge in [0.15, 0.2) is 0 Å². The van der Waals surface area contributed by atoms with E-state index in [9.17, 15) is 0 Å². The summed E-state index contributed by atoms with van der Waals surface area (Å²) in [5.74, 6) is 0. The van der Waals surface area contributed by atoms with Gasteiger partial charge in [-0.1, -0.05) is 143 Å². The van der Waals surface area contributed by atoms with Crippen molar-refractivity contribution in [2.45, 2.75) is 58.8 Å². The second kappa shape index (κ2) is 12.9. The molecule has 9 rings (SSSR count). The van der Waals surface area contributed by atoms with Gasteiger partial charge in [-0.15, -0.1) is 0 Å². The van der Waals surface area contributed by atoms with Crippen molar-refractivity contribution in [1.29, 1.82) is 0 Å². The summed E-state index contributed by atoms with van der Waals surface area (Å²) < 4.78 is 0. The van der Waals surface area contributed by atoms with Crippen molar-refractivity contribution >= 4 is 28.7 Å². The molecular weight excluding hydrogens is 651 g/mol. The van der Waals surface area contributed by atoms with Crippen molar-refractivity contribution in [3.8, 4) is 22.3 Å². The summed E-state index contributed by atoms with van der Waals surface area (Å²) in [6, 6.07) is 58.0. The van der Waals surface area contributed by atoms with Crippen molar-refractivity contribution in [1.82, 2.24) is 0 Å². The Kier molecular flexibility index (Phi) is 8.09. The third kappa shape index (κ3) is 5.53. The largest absolute Gasteiger partial charge is 0.310 e. The lowest BCUT2D eigenvalue weighted by Gasteiger charge is -2.28. The molecule has 0 radical (unpaired) electrons. The van der Waals surface area contributed by atoms with E-state index in [1.807, 2.05) is 0 Å². The number of aryl methyl sites for hydroxylation is 2. The first kappa shape index (κ1) is 33.9. The topological polar surface area (TPSA) is 3.24 Å². The Hall–Kier alpha value is -5.92. The van der Waals surface area contributed by atoms with Crippen LogP contribution in [-0.4, -0.2) is 0 Å². The van der Waals surface area contributed by atoms with E-state index in [2.05, 4.69) is 210 Å². The van der Waals surface area contributed by atoms with Gasteiger partial charge in [-0.25, -0.2) is 0 Å². The van der Waals surface area contributed by atoms with Crippen LogP contribution in [0.1, 0.15) is 77.8 Å². The fourth-order valence-corrected chi connectivity index (χ4v) is 9.36. The van der Waals surface area contributed by atoms with Gasteiger partial charge in [0, 0.05) is 27.9 Å². The van der Waals surface area contributed by atoms with Crippen LogP contribution in [-0.2, 0) is 17.3 Å². The van der Waals surface area contributed by atoms with E-state index in [0.717, 1.165) is 17.8 Å². The molecule has 0 amide bonds. The number of nitrogens with zero attached hydrogens (tertiary/aromatic N) is 1. The molecule has 2 aliphatic carbocycles. The van der Waals surface area contributed by atoms with Gasteiger partial charge < -0.3 is 4.90 Å². The van der Waals surface area contributed by atoms with Crippen molar-refractivity contribution in [3.05, 3.63) is 208 Å². The Labute approximate surface area is 321 Å². The summed E-state index contributed by atoms with van der Waals surface area (Å²) in [7, 11) is 0. The van der Waals surface area contributed by atoms with Crippen molar-refractivity contribution < 1.29 is 0 Å². The average molecular weight is 698 g/mol. The van der Waals surface area contributed by atoms with Gasteiger partial charge in [0.05, 0.1) is 0 Å². The average Bonchev–Trinajstić information content (AvgIpc) is 3.54. The van der Waals surface area contributed by atoms with E-state index in [-0.39, 0.29) is 10.8 Å². The molecule has 0 saturated carbocycles. The predicted molar refractivity (Wildman–Crippen MR) is 230 cm³/mol. The van der Waals surface area contributed by atoms with Crippen molar-refractivity contribution in [2.75, 3.05) is 4.90 Å². The van der Waals surface area contributed by atoms with Crippen LogP contribution in [0, 0.1) is 13.8 Å². The molecule has 0 fully saturated rings. The summed E-state index contributed by atoms with van der Waals surface area (Å²) in [6.45, 7) is 14.3. The van der Waals surface area contributed by atoms with Crippen LogP contribution < -0.4 is 4.90 Å². The highest BCUT2D eigenvalue weighted by atomic mass is 15.1. The number of anilines is 3. The zero-order valence-electron chi connectivity index (χ0n) is 32.2. The van der Waals surface area contributed by atoms with E-state index in [4.69, 9.17) is 0 Å². The molecule has 1 heteroatoms. The molecule has 7 aromatic rings. The van der Waals surface area contributed by atoms with Gasteiger partial charge >= 0.3 is 0 Å². The Morgan fingerprint density at radius 3 is 1.48 bits per heavy atom. The highest BCUT2D eigenvalue weighted by Gasteiger charge is 2.43. The summed E-state index contributed by atoms with van der Waals surface area (Å²) in [5, 5.41) is 0. The zero-order chi connectivity index (χ0) is 37.2. The lowest BCUT2D eigenvalue weighted by molar-refractivity contribution is 0.651. The molecule has 0 bridgehead atoms. The predicted octanol–water partition coefficient (Wildman–Crippen LogP) is 14.2. The van der Waals surface area contributed by atoms with Gasteiger partial charge in [-0.05, 0) is 147 Å². The smallest absolute Gasteiger partial charge is 0.0467 e. The molecule has 0 heterocycles. The standard InChI is InChI=1S/C53H47N/c1-35-27-38(30-40(39-21-13-8-14-22-39)29-37-19-11-7-12-20-37)31-48-50(35)44-33-47-45(34-46(44)52(48,3)4)51-36(2)28-43(32-49(51)53(47,5)6)54(41-23-15-9-16-24-41)42-25-17-10-18-26-42/h7-29,31-34H,30H2,1-6H3/b40-29-. The summed E-state index contributed by atoms with van der Waals surface area (Å²) in [5.41, 5.74) is 22.4. The fraction of sp³-hybridized carbons (Fsp3) is 0.170. The van der Waals surface area contributed by atoms with Crippen LogP contribution >= 0.6 is 0 Å². The second-order valence-electron chi connectivity index (χ2n) is 16.3. The summed E-state index contributed by atoms with van der Waals surface area (Å²) in [6.07, 6.45) is 3.23. The maximum absolute atomic E-state index is 2.56. The van der Waals surface area contributed by atoms with E-state index in [1.165, 1.54) is 83.6 Å². The lowest BCUT2D eigenvalue weighted by atomic mass is 9.79. The van der Waals surface area contributed by atoms with Crippen molar-refractivity contribution in [3.63, 3.8) is 0 Å². The number of benzene rings is 7. The van der Waals surface area contributed by atoms with E-state index in [1.54, 1.807) is 0 Å². The minimum atomic E-state index is -0.160. The maximum atomic E-state index is 2.56. The highest BCUT2D eigenvalue weighted by molar-refractivity contribution is 5.93. The van der Waals surface area contributed by atoms with Crippen LogP contribution in [0.3, 0.4) is 0 Å². The SMILES string of the molecule is Cc1cc(C/C(=C/c2ccccc2)c2ccccc2)cc2c1-c1cc3c(cc1C2(C)C)-c1c(C)cc(N(c2ccccc2)c2ccccc2)cc1C3(C)C. The molecule has 0 aliphatic heterocycles. The fourth-order valence-electron chi connectivity index (χ4n) is 9.36. The van der Waals surface area contributed by atoms with E-state index < -0.39 is 0 Å². The molecular formula is C53H47N. The molecule has 2 aliphatic rings. The molecule has 0 aromatic heterocycles. The molecule has 0 unspecified atom stereocenters. The minimum absolute atomic E-state index is 0.130. The molecule has 264 valence electrons. The number of para-hydroxylation sites is 2. The summed E-state index contributed by atoms with van der Waals surface area (Å²) in [4.78, 5) is 2.39. The van der Waals surface area contributed by atoms with Gasteiger partial charge in [0.1, 0.15) is 0 Å². The van der Waals surface area contributed by atoms with Crippen LogP contribution in [0.5, 0.6) is 0 Å². The van der Waals surface area contributed by atoms with E-state index in [0.29, 0.717) is 0 Å². The number of hydrogen-bond donors (Lipinski definition) is 0.